The van der Waals surface area contributed by atoms with Gasteiger partial charge in [-0.25, -0.2) is 0 Å². The van der Waals surface area contributed by atoms with Crippen molar-refractivity contribution < 1.29 is 5.11 Å². The predicted octanol–water partition coefficient (Wildman–Crippen LogP) is 6.44. The van der Waals surface area contributed by atoms with Gasteiger partial charge in [-0.3, -0.25) is 4.68 Å². The summed E-state index contributed by atoms with van der Waals surface area (Å²) in [5.41, 5.74) is 0.810. The second-order valence-corrected chi connectivity index (χ2v) is 12.7. The summed E-state index contributed by atoms with van der Waals surface area (Å²) in [6.07, 6.45) is 18.2. The average Bonchev–Trinajstić information content (AvgIpc) is 3.26. The van der Waals surface area contributed by atoms with Crippen LogP contribution in [-0.2, 0) is 6.54 Å². The van der Waals surface area contributed by atoms with Crippen molar-refractivity contribution in [3.05, 3.63) is 18.0 Å². The number of aliphatic hydroxyl groups is 1. The number of nitrogens with zero attached hydrogens (tertiary/aromatic N) is 3. The van der Waals surface area contributed by atoms with Crippen LogP contribution in [0.25, 0.3) is 0 Å². The summed E-state index contributed by atoms with van der Waals surface area (Å²) in [5.74, 6) is 6.65. The van der Waals surface area contributed by atoms with Gasteiger partial charge in [0.15, 0.2) is 0 Å². The molecule has 1 heterocycles. The molecule has 0 saturated heterocycles. The molecular formula is C29H45N3O. The highest BCUT2D eigenvalue weighted by Gasteiger charge is 2.58. The molecule has 33 heavy (non-hydrogen) atoms. The van der Waals surface area contributed by atoms with Gasteiger partial charge < -0.3 is 5.11 Å². The highest BCUT2D eigenvalue weighted by atomic mass is 16.3. The third-order valence-corrected chi connectivity index (χ3v) is 11.1. The van der Waals surface area contributed by atoms with Crippen LogP contribution in [0.2, 0.25) is 0 Å². The second-order valence-electron chi connectivity index (χ2n) is 12.7. The monoisotopic (exact) mass is 451 g/mol. The van der Waals surface area contributed by atoms with Gasteiger partial charge >= 0.3 is 0 Å². The SMILES string of the molecule is CCCC1CCC2C(CCC3C2CCC2(C)C(C(O)Cn4cc(C#N)cn4)CCC(C)C32)C1. The van der Waals surface area contributed by atoms with Crippen LogP contribution in [0.1, 0.15) is 97.0 Å². The number of nitriles is 1. The van der Waals surface area contributed by atoms with E-state index in [1.165, 1.54) is 64.2 Å². The van der Waals surface area contributed by atoms with E-state index in [0.717, 1.165) is 47.8 Å². The van der Waals surface area contributed by atoms with E-state index in [9.17, 15) is 5.11 Å². The van der Waals surface area contributed by atoms with Crippen molar-refractivity contribution in [2.45, 2.75) is 104 Å². The first kappa shape index (κ1) is 23.4. The molecular weight excluding hydrogens is 406 g/mol. The molecule has 0 spiro atoms. The number of hydrogen-bond donors (Lipinski definition) is 1. The first-order valence-corrected chi connectivity index (χ1v) is 14.0. The highest BCUT2D eigenvalue weighted by Crippen LogP contribution is 2.65. The molecule has 5 rings (SSSR count). The lowest BCUT2D eigenvalue weighted by molar-refractivity contribution is -0.155. The van der Waals surface area contributed by atoms with E-state index < -0.39 is 0 Å². The lowest BCUT2D eigenvalue weighted by Gasteiger charge is -2.63. The normalized spacial score (nSPS) is 43.6. The Hall–Kier alpha value is -1.34. The molecule has 4 heteroatoms. The first-order valence-electron chi connectivity index (χ1n) is 14.0. The topological polar surface area (TPSA) is 61.8 Å². The van der Waals surface area contributed by atoms with Gasteiger partial charge in [-0.1, -0.05) is 46.5 Å². The fraction of sp³-hybridized carbons (Fsp3) is 0.862. The molecule has 4 saturated carbocycles. The third-order valence-electron chi connectivity index (χ3n) is 11.1. The van der Waals surface area contributed by atoms with Crippen molar-refractivity contribution >= 4 is 0 Å². The average molecular weight is 452 g/mol. The standard InChI is InChI=1S/C29H45N3O/c1-4-5-20-7-9-23-22(14-20)8-10-25-24(23)12-13-29(3)26(11-6-19(2)28(25)29)27(33)18-32-17-21(15-30)16-31-32/h16-17,19-20,22-28,33H,4-14,18H2,1-3H3. The summed E-state index contributed by atoms with van der Waals surface area (Å²) in [6, 6.07) is 2.16. The maximum atomic E-state index is 11.4. The van der Waals surface area contributed by atoms with Gasteiger partial charge in [0, 0.05) is 6.20 Å². The van der Waals surface area contributed by atoms with E-state index in [4.69, 9.17) is 5.26 Å². The van der Waals surface area contributed by atoms with E-state index >= 15 is 0 Å². The van der Waals surface area contributed by atoms with Crippen LogP contribution in [0.4, 0.5) is 0 Å². The molecule has 0 bridgehead atoms. The van der Waals surface area contributed by atoms with Gasteiger partial charge in [0.1, 0.15) is 6.07 Å². The van der Waals surface area contributed by atoms with Crippen molar-refractivity contribution in [2.24, 2.45) is 52.8 Å². The molecule has 0 aromatic carbocycles. The van der Waals surface area contributed by atoms with Gasteiger partial charge in [0.05, 0.1) is 24.4 Å². The molecule has 182 valence electrons. The minimum Gasteiger partial charge on any atom is -0.391 e. The summed E-state index contributed by atoms with van der Waals surface area (Å²) in [5, 5.41) is 24.9. The number of fused-ring (bicyclic) bond motifs is 5. The van der Waals surface area contributed by atoms with Crippen LogP contribution >= 0.6 is 0 Å². The lowest BCUT2D eigenvalue weighted by Crippen LogP contribution is -2.57. The Labute approximate surface area is 201 Å². The molecule has 10 atom stereocenters. The predicted molar refractivity (Wildman–Crippen MR) is 131 cm³/mol. The Kier molecular flexibility index (Phi) is 6.64. The van der Waals surface area contributed by atoms with E-state index in [2.05, 4.69) is 31.9 Å². The van der Waals surface area contributed by atoms with Crippen molar-refractivity contribution in [1.29, 1.82) is 5.26 Å². The first-order chi connectivity index (χ1) is 15.9. The van der Waals surface area contributed by atoms with Crippen molar-refractivity contribution in [3.8, 4) is 6.07 Å². The fourth-order valence-electron chi connectivity index (χ4n) is 9.82. The fourth-order valence-corrected chi connectivity index (χ4v) is 9.82. The zero-order chi connectivity index (χ0) is 23.2. The van der Waals surface area contributed by atoms with E-state index in [1.807, 2.05) is 0 Å². The lowest BCUT2D eigenvalue weighted by atomic mass is 9.42. The Balaban J connectivity index is 1.33. The molecule has 4 nitrogen and oxygen atoms in total. The third kappa shape index (κ3) is 4.18. The van der Waals surface area contributed by atoms with Gasteiger partial charge in [-0.2, -0.15) is 10.4 Å². The molecule has 4 fully saturated rings. The molecule has 0 aliphatic heterocycles. The maximum absolute atomic E-state index is 11.4. The van der Waals surface area contributed by atoms with Gasteiger partial charge in [-0.05, 0) is 97.7 Å². The van der Waals surface area contributed by atoms with E-state index in [1.54, 1.807) is 17.1 Å². The van der Waals surface area contributed by atoms with Crippen LogP contribution in [0.5, 0.6) is 0 Å². The minimum absolute atomic E-state index is 0.232. The zero-order valence-corrected chi connectivity index (χ0v) is 21.1. The van der Waals surface area contributed by atoms with Gasteiger partial charge in [0.25, 0.3) is 0 Å². The van der Waals surface area contributed by atoms with Crippen molar-refractivity contribution in [2.75, 3.05) is 0 Å². The van der Waals surface area contributed by atoms with Crippen molar-refractivity contribution in [1.82, 2.24) is 9.78 Å². The van der Waals surface area contributed by atoms with Crippen LogP contribution in [0, 0.1) is 64.1 Å². The summed E-state index contributed by atoms with van der Waals surface area (Å²) >= 11 is 0. The van der Waals surface area contributed by atoms with Crippen LogP contribution in [-0.4, -0.2) is 21.0 Å². The van der Waals surface area contributed by atoms with Crippen LogP contribution < -0.4 is 0 Å². The quantitative estimate of drug-likeness (QED) is 0.560. The Morgan fingerprint density at radius 2 is 1.97 bits per heavy atom. The number of hydrogen-bond acceptors (Lipinski definition) is 3. The van der Waals surface area contributed by atoms with Crippen LogP contribution in [0.15, 0.2) is 12.4 Å². The Morgan fingerprint density at radius 3 is 2.73 bits per heavy atom. The second kappa shape index (κ2) is 9.37. The maximum Gasteiger partial charge on any atom is 0.102 e. The van der Waals surface area contributed by atoms with E-state index in [0.29, 0.717) is 18.0 Å². The van der Waals surface area contributed by atoms with Gasteiger partial charge in [-0.15, -0.1) is 0 Å². The number of aromatic nitrogens is 2. The van der Waals surface area contributed by atoms with Gasteiger partial charge in [0.2, 0.25) is 0 Å². The molecule has 0 radical (unpaired) electrons. The summed E-state index contributed by atoms with van der Waals surface area (Å²) < 4.78 is 1.78. The van der Waals surface area contributed by atoms with E-state index in [-0.39, 0.29) is 11.5 Å². The molecule has 4 aliphatic rings. The zero-order valence-electron chi connectivity index (χ0n) is 21.1. The Bertz CT molecular complexity index is 857. The summed E-state index contributed by atoms with van der Waals surface area (Å²) in [7, 11) is 0. The Morgan fingerprint density at radius 1 is 1.15 bits per heavy atom. The number of aliphatic hydroxyl groups excluding tert-OH is 1. The summed E-state index contributed by atoms with van der Waals surface area (Å²) in [6.45, 7) is 7.92. The van der Waals surface area contributed by atoms with Crippen LogP contribution in [0.3, 0.4) is 0 Å². The minimum atomic E-state index is -0.381. The molecule has 10 unspecified atom stereocenters. The highest BCUT2D eigenvalue weighted by molar-refractivity contribution is 5.21. The number of rotatable bonds is 5. The molecule has 4 aliphatic carbocycles. The smallest absolute Gasteiger partial charge is 0.102 e. The molecule has 0 amide bonds. The van der Waals surface area contributed by atoms with Crippen molar-refractivity contribution in [3.63, 3.8) is 0 Å². The summed E-state index contributed by atoms with van der Waals surface area (Å²) in [4.78, 5) is 0. The molecule has 1 aromatic rings. The molecule has 1 N–H and O–H groups in total. The largest absolute Gasteiger partial charge is 0.391 e. The molecule has 1 aromatic heterocycles.